The van der Waals surface area contributed by atoms with Crippen LogP contribution in [0.2, 0.25) is 0 Å². The highest BCUT2D eigenvalue weighted by molar-refractivity contribution is 7.10. The molecule has 1 aromatic heterocycles. The van der Waals surface area contributed by atoms with E-state index in [1.54, 1.807) is 11.3 Å². The first-order valence-electron chi connectivity index (χ1n) is 4.39. The second kappa shape index (κ2) is 4.32. The Morgan fingerprint density at radius 1 is 1.64 bits per heavy atom. The molecule has 0 spiro atoms. The van der Waals surface area contributed by atoms with E-state index in [0.717, 1.165) is 0 Å². The van der Waals surface area contributed by atoms with Crippen LogP contribution < -0.4 is 5.32 Å². The van der Waals surface area contributed by atoms with Crippen LogP contribution in [0.5, 0.6) is 0 Å². The average Bonchev–Trinajstić information content (AvgIpc) is 2.51. The molecule has 1 N–H and O–H groups in total. The first-order chi connectivity index (χ1) is 6.47. The number of alkyl halides is 1. The van der Waals surface area contributed by atoms with Crippen LogP contribution in [0.25, 0.3) is 0 Å². The van der Waals surface area contributed by atoms with Crippen molar-refractivity contribution in [2.45, 2.75) is 26.3 Å². The maximum absolute atomic E-state index is 11.2. The van der Waals surface area contributed by atoms with Gasteiger partial charge < -0.3 is 5.32 Å². The largest absolute Gasteiger partial charge is 0.345 e. The van der Waals surface area contributed by atoms with Gasteiger partial charge in [0.1, 0.15) is 5.88 Å². The number of halogens is 1. The molecule has 1 rings (SSSR count). The second-order valence-electron chi connectivity index (χ2n) is 3.74. The fourth-order valence-corrected chi connectivity index (χ4v) is 2.53. The molecule has 78 valence electrons. The third-order valence-electron chi connectivity index (χ3n) is 2.00. The van der Waals surface area contributed by atoms with Crippen LogP contribution in [0, 0.1) is 6.92 Å². The van der Waals surface area contributed by atoms with Crippen molar-refractivity contribution in [3.05, 3.63) is 21.9 Å². The van der Waals surface area contributed by atoms with Crippen molar-refractivity contribution >= 4 is 28.8 Å². The van der Waals surface area contributed by atoms with Gasteiger partial charge in [0.15, 0.2) is 0 Å². The Hall–Kier alpha value is -0.540. The Morgan fingerprint density at radius 2 is 2.29 bits per heavy atom. The van der Waals surface area contributed by atoms with Gasteiger partial charge in [-0.1, -0.05) is 0 Å². The molecule has 1 amide bonds. The van der Waals surface area contributed by atoms with Crippen LogP contribution in [0.4, 0.5) is 0 Å². The van der Waals surface area contributed by atoms with Gasteiger partial charge in [-0.2, -0.15) is 0 Å². The van der Waals surface area contributed by atoms with Gasteiger partial charge in [0.25, 0.3) is 0 Å². The molecule has 0 aromatic carbocycles. The Bertz CT molecular complexity index is 333. The minimum atomic E-state index is -0.329. The highest BCUT2D eigenvalue weighted by atomic mass is 35.5. The molecule has 0 aliphatic carbocycles. The summed E-state index contributed by atoms with van der Waals surface area (Å²) >= 11 is 7.10. The van der Waals surface area contributed by atoms with Gasteiger partial charge in [-0.15, -0.1) is 22.9 Å². The molecule has 1 aromatic rings. The summed E-state index contributed by atoms with van der Waals surface area (Å²) in [6.07, 6.45) is 0. The number of thiophene rings is 1. The van der Waals surface area contributed by atoms with Gasteiger partial charge in [-0.05, 0) is 37.8 Å². The first kappa shape index (κ1) is 11.5. The average molecular weight is 232 g/mol. The Balaban J connectivity index is 2.85. The molecule has 0 atom stereocenters. The third kappa shape index (κ3) is 2.49. The molecule has 1 heterocycles. The van der Waals surface area contributed by atoms with Gasteiger partial charge in [-0.25, -0.2) is 0 Å². The summed E-state index contributed by atoms with van der Waals surface area (Å²) < 4.78 is 0. The van der Waals surface area contributed by atoms with Crippen LogP contribution in [0.15, 0.2) is 11.4 Å². The number of hydrogen-bond donors (Lipinski definition) is 1. The van der Waals surface area contributed by atoms with Crippen molar-refractivity contribution in [2.24, 2.45) is 0 Å². The number of rotatable bonds is 3. The van der Waals surface area contributed by atoms with Crippen molar-refractivity contribution in [3.8, 4) is 0 Å². The lowest BCUT2D eigenvalue weighted by atomic mass is 10.00. The highest BCUT2D eigenvalue weighted by Crippen LogP contribution is 2.28. The number of hydrogen-bond acceptors (Lipinski definition) is 2. The minimum absolute atomic E-state index is 0.00779. The molecule has 0 bridgehead atoms. The molecular weight excluding hydrogens is 218 g/mol. The fourth-order valence-electron chi connectivity index (χ4n) is 1.45. The third-order valence-corrected chi connectivity index (χ3v) is 3.59. The van der Waals surface area contributed by atoms with Gasteiger partial charge in [-0.3, -0.25) is 4.79 Å². The van der Waals surface area contributed by atoms with Crippen molar-refractivity contribution in [3.63, 3.8) is 0 Å². The van der Waals surface area contributed by atoms with Crippen LogP contribution in [0.1, 0.15) is 24.3 Å². The maximum Gasteiger partial charge on any atom is 0.235 e. The van der Waals surface area contributed by atoms with Crippen LogP contribution in [-0.2, 0) is 10.3 Å². The molecule has 4 heteroatoms. The van der Waals surface area contributed by atoms with Crippen LogP contribution in [0.3, 0.4) is 0 Å². The topological polar surface area (TPSA) is 29.1 Å². The highest BCUT2D eigenvalue weighted by Gasteiger charge is 2.25. The van der Waals surface area contributed by atoms with Crippen molar-refractivity contribution in [2.75, 3.05) is 5.88 Å². The van der Waals surface area contributed by atoms with E-state index in [1.807, 2.05) is 26.2 Å². The van der Waals surface area contributed by atoms with E-state index in [1.165, 1.54) is 10.4 Å². The molecular formula is C10H14ClNOS. The van der Waals surface area contributed by atoms with Gasteiger partial charge in [0, 0.05) is 4.88 Å². The smallest absolute Gasteiger partial charge is 0.235 e. The van der Waals surface area contributed by atoms with Gasteiger partial charge in [0.2, 0.25) is 5.91 Å². The molecule has 0 aliphatic heterocycles. The summed E-state index contributed by atoms with van der Waals surface area (Å²) in [7, 11) is 0. The Kier molecular flexibility index (Phi) is 3.56. The summed E-state index contributed by atoms with van der Waals surface area (Å²) in [5.74, 6) is -0.127. The quantitative estimate of drug-likeness (QED) is 0.797. The van der Waals surface area contributed by atoms with Gasteiger partial charge in [0.05, 0.1) is 5.54 Å². The summed E-state index contributed by atoms with van der Waals surface area (Å²) in [6, 6.07) is 2.05. The summed E-state index contributed by atoms with van der Waals surface area (Å²) in [5.41, 5.74) is 0.874. The number of aryl methyl sites for hydroxylation is 1. The lowest BCUT2D eigenvalue weighted by Gasteiger charge is -2.25. The summed E-state index contributed by atoms with van der Waals surface area (Å²) in [6.45, 7) is 6.01. The zero-order valence-corrected chi connectivity index (χ0v) is 10.1. The molecule has 0 aliphatic rings. The molecule has 0 radical (unpaired) electrons. The normalized spacial score (nSPS) is 11.4. The Labute approximate surface area is 93.3 Å². The SMILES string of the molecule is Cc1ccsc1C(C)(C)NC(=O)CCl. The van der Waals surface area contributed by atoms with E-state index in [9.17, 15) is 4.79 Å². The van der Waals surface area contributed by atoms with Crippen LogP contribution >= 0.6 is 22.9 Å². The van der Waals surface area contributed by atoms with E-state index >= 15 is 0 Å². The van der Waals surface area contributed by atoms with E-state index in [2.05, 4.69) is 11.4 Å². The fraction of sp³-hybridized carbons (Fsp3) is 0.500. The molecule has 14 heavy (non-hydrogen) atoms. The zero-order chi connectivity index (χ0) is 10.8. The van der Waals surface area contributed by atoms with Crippen molar-refractivity contribution in [1.29, 1.82) is 0 Å². The number of carbonyl (C=O) groups is 1. The van der Waals surface area contributed by atoms with E-state index in [0.29, 0.717) is 0 Å². The second-order valence-corrected chi connectivity index (χ2v) is 4.92. The molecule has 0 unspecified atom stereocenters. The zero-order valence-electron chi connectivity index (χ0n) is 8.56. The predicted molar refractivity (Wildman–Crippen MR) is 60.9 cm³/mol. The predicted octanol–water partition coefficient (Wildman–Crippen LogP) is 2.65. The number of amides is 1. The molecule has 0 saturated carbocycles. The molecule has 0 saturated heterocycles. The molecule has 0 fully saturated rings. The first-order valence-corrected chi connectivity index (χ1v) is 5.80. The number of carbonyl (C=O) groups excluding carboxylic acids is 1. The Morgan fingerprint density at radius 3 is 2.71 bits per heavy atom. The van der Waals surface area contributed by atoms with Crippen molar-refractivity contribution in [1.82, 2.24) is 5.32 Å². The van der Waals surface area contributed by atoms with E-state index in [-0.39, 0.29) is 17.3 Å². The maximum atomic E-state index is 11.2. The minimum Gasteiger partial charge on any atom is -0.345 e. The van der Waals surface area contributed by atoms with Gasteiger partial charge >= 0.3 is 0 Å². The number of nitrogens with one attached hydrogen (secondary N) is 1. The molecule has 2 nitrogen and oxygen atoms in total. The standard InChI is InChI=1S/C10H14ClNOS/c1-7-4-5-14-9(7)10(2,3)12-8(13)6-11/h4-5H,6H2,1-3H3,(H,12,13). The summed E-state index contributed by atoms with van der Waals surface area (Å²) in [5, 5.41) is 4.92. The van der Waals surface area contributed by atoms with E-state index < -0.39 is 0 Å². The van der Waals surface area contributed by atoms with Crippen LogP contribution in [-0.4, -0.2) is 11.8 Å². The summed E-state index contributed by atoms with van der Waals surface area (Å²) in [4.78, 5) is 12.4. The lowest BCUT2D eigenvalue weighted by Crippen LogP contribution is -2.41. The van der Waals surface area contributed by atoms with Crippen molar-refractivity contribution < 1.29 is 4.79 Å². The monoisotopic (exact) mass is 231 g/mol. The van der Waals surface area contributed by atoms with E-state index in [4.69, 9.17) is 11.6 Å². The lowest BCUT2D eigenvalue weighted by molar-refractivity contribution is -0.120.